The van der Waals surface area contributed by atoms with E-state index in [0.717, 1.165) is 0 Å². The van der Waals surface area contributed by atoms with Crippen LogP contribution in [0.15, 0.2) is 0 Å². The van der Waals surface area contributed by atoms with Gasteiger partial charge in [0.1, 0.15) is 0 Å². The van der Waals surface area contributed by atoms with Crippen molar-refractivity contribution >= 4 is 27.7 Å². The first-order valence-corrected chi connectivity index (χ1v) is 3.20. The molecule has 0 saturated carbocycles. The molecule has 0 atom stereocenters. The van der Waals surface area contributed by atoms with Gasteiger partial charge in [-0.25, -0.2) is 0 Å². The molecule has 0 unspecified atom stereocenters. The van der Waals surface area contributed by atoms with E-state index in [-0.39, 0.29) is 0 Å². The molecule has 0 heterocycles. The van der Waals surface area contributed by atoms with Gasteiger partial charge in [0.2, 0.25) is 0 Å². The topological polar surface area (TPSA) is 0 Å². The first-order valence-electron chi connectivity index (χ1n) is 1.18. The second-order valence-electron chi connectivity index (χ2n) is 0.650. The quantitative estimate of drug-likeness (QED) is 0.553. The smallest absolute Gasteiger partial charge is 0.182 e. The van der Waals surface area contributed by atoms with Gasteiger partial charge in [0, 0.05) is 15.9 Å². The van der Waals surface area contributed by atoms with Gasteiger partial charge in [-0.2, -0.15) is 8.78 Å². The van der Waals surface area contributed by atoms with Crippen molar-refractivity contribution in [2.45, 2.75) is 4.16 Å². The van der Waals surface area contributed by atoms with Crippen molar-refractivity contribution in [2.75, 3.05) is 6.26 Å². The minimum Gasteiger partial charge on any atom is -0.182 e. The van der Waals surface area contributed by atoms with Crippen LogP contribution in [0.5, 0.6) is 0 Å². The van der Waals surface area contributed by atoms with Gasteiger partial charge in [-0.05, 0) is 6.26 Å². The minimum absolute atomic E-state index is 0.465. The minimum atomic E-state index is -2.73. The van der Waals surface area contributed by atoms with Crippen LogP contribution in [0.4, 0.5) is 8.78 Å². The number of hydrogen-bond donors (Lipinski definition) is 0. The van der Waals surface area contributed by atoms with Gasteiger partial charge in [-0.1, -0.05) is 11.8 Å². The standard InChI is InChI=1S/C2H3BrF2S/c1-6-2(3,4)5/h1H3. The van der Waals surface area contributed by atoms with Crippen LogP contribution in [0.3, 0.4) is 0 Å². The molecule has 0 spiro atoms. The fourth-order valence-corrected chi connectivity index (χ4v) is 0. The average Bonchev–Trinajstić information content (AvgIpc) is 1.35. The summed E-state index contributed by atoms with van der Waals surface area (Å²) in [4.78, 5) is 0. The lowest BCUT2D eigenvalue weighted by Crippen LogP contribution is -1.92. The molecule has 0 saturated heterocycles. The highest BCUT2D eigenvalue weighted by Crippen LogP contribution is 2.32. The van der Waals surface area contributed by atoms with Crippen LogP contribution in [-0.2, 0) is 0 Å². The van der Waals surface area contributed by atoms with Crippen LogP contribution in [-0.4, -0.2) is 10.4 Å². The summed E-state index contributed by atoms with van der Waals surface area (Å²) >= 11 is 2.57. The Balaban J connectivity index is 3.17. The molecule has 0 rings (SSSR count). The Labute approximate surface area is 47.4 Å². The number of hydrogen-bond acceptors (Lipinski definition) is 1. The van der Waals surface area contributed by atoms with Crippen molar-refractivity contribution in [2.24, 2.45) is 0 Å². The lowest BCUT2D eigenvalue weighted by molar-refractivity contribution is 0.221. The van der Waals surface area contributed by atoms with E-state index in [4.69, 9.17) is 0 Å². The van der Waals surface area contributed by atoms with E-state index in [0.29, 0.717) is 11.8 Å². The maximum atomic E-state index is 11.3. The van der Waals surface area contributed by atoms with Crippen LogP contribution in [0.1, 0.15) is 0 Å². The summed E-state index contributed by atoms with van der Waals surface area (Å²) in [5.74, 6) is 0. The molecule has 4 heteroatoms. The first kappa shape index (κ1) is 6.69. The second kappa shape index (κ2) is 2.12. The Morgan fingerprint density at radius 2 is 1.83 bits per heavy atom. The maximum absolute atomic E-state index is 11.3. The van der Waals surface area contributed by atoms with Crippen LogP contribution in [0.2, 0.25) is 0 Å². The van der Waals surface area contributed by atoms with Crippen molar-refractivity contribution in [1.29, 1.82) is 0 Å². The van der Waals surface area contributed by atoms with E-state index in [1.54, 1.807) is 0 Å². The molecule has 0 fully saturated rings. The summed E-state index contributed by atoms with van der Waals surface area (Å²) < 4.78 is 19.9. The van der Waals surface area contributed by atoms with Crippen molar-refractivity contribution in [3.63, 3.8) is 0 Å². The zero-order valence-corrected chi connectivity index (χ0v) is 5.44. The molecule has 0 nitrogen and oxygen atoms in total. The fourth-order valence-electron chi connectivity index (χ4n) is 0. The lowest BCUT2D eigenvalue weighted by Gasteiger charge is -1.98. The molecule has 38 valence electrons. The average molecular weight is 177 g/mol. The highest BCUT2D eigenvalue weighted by molar-refractivity contribution is 9.11. The number of rotatable bonds is 1. The lowest BCUT2D eigenvalue weighted by atomic mass is 11.7. The molecule has 0 bridgehead atoms. The highest BCUT2D eigenvalue weighted by atomic mass is 79.9. The van der Waals surface area contributed by atoms with E-state index in [9.17, 15) is 8.78 Å². The molecule has 0 aromatic carbocycles. The normalized spacial score (nSPS) is 12.0. The van der Waals surface area contributed by atoms with E-state index in [1.807, 2.05) is 0 Å². The molecule has 6 heavy (non-hydrogen) atoms. The Morgan fingerprint density at radius 1 is 1.67 bits per heavy atom. The Hall–Kier alpha value is 0.690. The van der Waals surface area contributed by atoms with Crippen LogP contribution < -0.4 is 0 Å². The first-order chi connectivity index (χ1) is 2.56. The van der Waals surface area contributed by atoms with E-state index >= 15 is 0 Å². The molecule has 0 aliphatic carbocycles. The summed E-state index contributed by atoms with van der Waals surface area (Å²) in [6.07, 6.45) is 1.33. The van der Waals surface area contributed by atoms with Gasteiger partial charge in [-0.3, -0.25) is 0 Å². The molecule has 0 aromatic heterocycles. The highest BCUT2D eigenvalue weighted by Gasteiger charge is 2.20. The zero-order valence-electron chi connectivity index (χ0n) is 3.04. The number of alkyl halides is 3. The van der Waals surface area contributed by atoms with Crippen LogP contribution >= 0.6 is 27.7 Å². The number of thioether (sulfide) groups is 1. The van der Waals surface area contributed by atoms with Crippen LogP contribution in [0.25, 0.3) is 0 Å². The third-order valence-corrected chi connectivity index (χ3v) is 1.67. The maximum Gasteiger partial charge on any atom is 0.348 e. The summed E-state index contributed by atoms with van der Waals surface area (Å²) in [5, 5.41) is 0. The monoisotopic (exact) mass is 176 g/mol. The van der Waals surface area contributed by atoms with Gasteiger partial charge in [0.25, 0.3) is 0 Å². The third kappa shape index (κ3) is 4.69. The largest absolute Gasteiger partial charge is 0.348 e. The Kier molecular flexibility index (Phi) is 2.36. The molecule has 0 amide bonds. The number of halogens is 3. The van der Waals surface area contributed by atoms with Crippen molar-refractivity contribution < 1.29 is 8.78 Å². The van der Waals surface area contributed by atoms with Gasteiger partial charge in [-0.15, -0.1) is 0 Å². The predicted molar refractivity (Wildman–Crippen MR) is 27.4 cm³/mol. The van der Waals surface area contributed by atoms with E-state index in [2.05, 4.69) is 15.9 Å². The Bertz CT molecular complexity index is 41.3. The third-order valence-electron chi connectivity index (χ3n) is 0.231. The molecule has 0 N–H and O–H groups in total. The second-order valence-corrected chi connectivity index (χ2v) is 3.09. The summed E-state index contributed by atoms with van der Waals surface area (Å²) in [5.41, 5.74) is 0. The van der Waals surface area contributed by atoms with Gasteiger partial charge in [0.15, 0.2) is 0 Å². The molecular formula is C2H3BrF2S. The van der Waals surface area contributed by atoms with Crippen molar-refractivity contribution in [3.8, 4) is 0 Å². The molecule has 0 aliphatic rings. The fraction of sp³-hybridized carbons (Fsp3) is 1.00. The summed E-state index contributed by atoms with van der Waals surface area (Å²) in [6.45, 7) is 0. The van der Waals surface area contributed by atoms with Crippen molar-refractivity contribution in [3.05, 3.63) is 0 Å². The van der Waals surface area contributed by atoms with E-state index < -0.39 is 4.16 Å². The molecule has 0 aliphatic heterocycles. The summed E-state index contributed by atoms with van der Waals surface area (Å²) in [6, 6.07) is 0. The van der Waals surface area contributed by atoms with Gasteiger partial charge < -0.3 is 0 Å². The van der Waals surface area contributed by atoms with E-state index in [1.165, 1.54) is 6.26 Å². The Morgan fingerprint density at radius 3 is 1.83 bits per heavy atom. The summed E-state index contributed by atoms with van der Waals surface area (Å²) in [7, 11) is 0. The SMILES string of the molecule is CSC(F)(F)Br. The van der Waals surface area contributed by atoms with Crippen LogP contribution in [0, 0.1) is 0 Å². The van der Waals surface area contributed by atoms with Gasteiger partial charge >= 0.3 is 4.16 Å². The van der Waals surface area contributed by atoms with Gasteiger partial charge in [0.05, 0.1) is 0 Å². The predicted octanol–water partition coefficient (Wildman–Crippen LogP) is 2.29. The molecule has 0 radical (unpaired) electrons. The zero-order chi connectivity index (χ0) is 5.21. The molecule has 0 aromatic rings. The molecular weight excluding hydrogens is 174 g/mol. The van der Waals surface area contributed by atoms with Crippen molar-refractivity contribution in [1.82, 2.24) is 0 Å².